The van der Waals surface area contributed by atoms with Crippen molar-refractivity contribution >= 4 is 12.0 Å². The van der Waals surface area contributed by atoms with E-state index < -0.39 is 5.97 Å². The lowest BCUT2D eigenvalue weighted by Gasteiger charge is -2.17. The van der Waals surface area contributed by atoms with Crippen molar-refractivity contribution in [1.82, 2.24) is 0 Å². The van der Waals surface area contributed by atoms with Crippen LogP contribution in [0.25, 0.3) is 6.08 Å². The van der Waals surface area contributed by atoms with Gasteiger partial charge in [-0.1, -0.05) is 13.8 Å². The Morgan fingerprint density at radius 2 is 2.28 bits per heavy atom. The zero-order valence-electron chi connectivity index (χ0n) is 10.4. The van der Waals surface area contributed by atoms with E-state index in [1.165, 1.54) is 12.1 Å². The van der Waals surface area contributed by atoms with Crippen molar-refractivity contribution in [3.8, 4) is 5.75 Å². The van der Waals surface area contributed by atoms with E-state index in [4.69, 9.17) is 9.47 Å². The van der Waals surface area contributed by atoms with Crippen LogP contribution < -0.4 is 4.74 Å². The van der Waals surface area contributed by atoms with Gasteiger partial charge in [0.2, 0.25) is 0 Å². The van der Waals surface area contributed by atoms with Crippen LogP contribution in [-0.2, 0) is 9.53 Å². The second-order valence-electron chi connectivity index (χ2n) is 4.63. The van der Waals surface area contributed by atoms with Gasteiger partial charge in [0, 0.05) is 5.56 Å². The zero-order valence-corrected chi connectivity index (χ0v) is 10.4. The zero-order chi connectivity index (χ0) is 13.1. The van der Waals surface area contributed by atoms with Crippen molar-refractivity contribution < 1.29 is 18.7 Å². The Morgan fingerprint density at radius 1 is 1.50 bits per heavy atom. The van der Waals surface area contributed by atoms with E-state index in [0.29, 0.717) is 23.5 Å². The lowest BCUT2D eigenvalue weighted by Crippen LogP contribution is -2.19. The molecule has 0 radical (unpaired) electrons. The number of hydrogen-bond donors (Lipinski definition) is 0. The van der Waals surface area contributed by atoms with Gasteiger partial charge in [-0.15, -0.1) is 0 Å². The summed E-state index contributed by atoms with van der Waals surface area (Å²) in [5, 5.41) is 0. The number of carbonyl (C=O) groups is 1. The topological polar surface area (TPSA) is 35.5 Å². The molecule has 3 nitrogen and oxygen atoms in total. The van der Waals surface area contributed by atoms with Gasteiger partial charge in [0.05, 0.1) is 12.2 Å². The van der Waals surface area contributed by atoms with Gasteiger partial charge < -0.3 is 9.47 Å². The molecule has 1 aliphatic heterocycles. The van der Waals surface area contributed by atoms with E-state index in [9.17, 15) is 9.18 Å². The molecule has 96 valence electrons. The van der Waals surface area contributed by atoms with Crippen molar-refractivity contribution in [2.24, 2.45) is 5.92 Å². The van der Waals surface area contributed by atoms with Crippen LogP contribution in [0.1, 0.15) is 19.4 Å². The maximum Gasteiger partial charge on any atom is 0.337 e. The SMILES string of the molecule is CC(C)COC(=O)C1=Cc2cc(F)ccc2OC1. The summed E-state index contributed by atoms with van der Waals surface area (Å²) in [5.74, 6) is 0.101. The lowest BCUT2D eigenvalue weighted by molar-refractivity contribution is -0.140. The molecule has 0 saturated heterocycles. The number of esters is 1. The molecule has 4 heteroatoms. The highest BCUT2D eigenvalue weighted by atomic mass is 19.1. The van der Waals surface area contributed by atoms with Gasteiger partial charge in [-0.25, -0.2) is 9.18 Å². The van der Waals surface area contributed by atoms with E-state index in [1.54, 1.807) is 12.1 Å². The summed E-state index contributed by atoms with van der Waals surface area (Å²) < 4.78 is 23.6. The van der Waals surface area contributed by atoms with Crippen LogP contribution >= 0.6 is 0 Å². The second-order valence-corrected chi connectivity index (χ2v) is 4.63. The van der Waals surface area contributed by atoms with Crippen LogP contribution in [0.15, 0.2) is 23.8 Å². The third kappa shape index (κ3) is 2.88. The highest BCUT2D eigenvalue weighted by molar-refractivity contribution is 5.95. The first-order valence-electron chi connectivity index (χ1n) is 5.86. The first-order valence-corrected chi connectivity index (χ1v) is 5.86. The lowest BCUT2D eigenvalue weighted by atomic mass is 10.1. The van der Waals surface area contributed by atoms with E-state index in [1.807, 2.05) is 13.8 Å². The molecule has 0 spiro atoms. The summed E-state index contributed by atoms with van der Waals surface area (Å²) >= 11 is 0. The van der Waals surface area contributed by atoms with Crippen LogP contribution in [0.3, 0.4) is 0 Å². The molecule has 2 rings (SSSR count). The number of rotatable bonds is 3. The summed E-state index contributed by atoms with van der Waals surface area (Å²) in [6.45, 7) is 4.45. The normalized spacial score (nSPS) is 13.7. The van der Waals surface area contributed by atoms with E-state index in [2.05, 4.69) is 0 Å². The Bertz CT molecular complexity index is 492. The molecule has 0 aliphatic carbocycles. The molecule has 1 aromatic carbocycles. The van der Waals surface area contributed by atoms with Crippen molar-refractivity contribution in [2.75, 3.05) is 13.2 Å². The molecular weight excluding hydrogens is 235 g/mol. The fraction of sp³-hybridized carbons (Fsp3) is 0.357. The van der Waals surface area contributed by atoms with Gasteiger partial charge in [-0.05, 0) is 30.2 Å². The summed E-state index contributed by atoms with van der Waals surface area (Å²) in [4.78, 5) is 11.7. The highest BCUT2D eigenvalue weighted by Gasteiger charge is 2.19. The Balaban J connectivity index is 2.14. The van der Waals surface area contributed by atoms with Crippen molar-refractivity contribution in [3.63, 3.8) is 0 Å². The van der Waals surface area contributed by atoms with Gasteiger partial charge in [0.25, 0.3) is 0 Å². The summed E-state index contributed by atoms with van der Waals surface area (Å²) in [6.07, 6.45) is 1.62. The molecule has 18 heavy (non-hydrogen) atoms. The number of benzene rings is 1. The molecule has 1 aromatic rings. The van der Waals surface area contributed by atoms with Crippen molar-refractivity contribution in [3.05, 3.63) is 35.2 Å². The maximum absolute atomic E-state index is 13.1. The van der Waals surface area contributed by atoms with Gasteiger partial charge in [0.1, 0.15) is 18.2 Å². The van der Waals surface area contributed by atoms with E-state index >= 15 is 0 Å². The van der Waals surface area contributed by atoms with Crippen LogP contribution in [0.2, 0.25) is 0 Å². The number of fused-ring (bicyclic) bond motifs is 1. The summed E-state index contributed by atoms with van der Waals surface area (Å²) in [5.41, 5.74) is 0.978. The van der Waals surface area contributed by atoms with Crippen LogP contribution in [0.5, 0.6) is 5.75 Å². The fourth-order valence-corrected chi connectivity index (χ4v) is 1.60. The monoisotopic (exact) mass is 250 g/mol. The average molecular weight is 250 g/mol. The Morgan fingerprint density at radius 3 is 3.00 bits per heavy atom. The molecule has 0 saturated carbocycles. The number of carbonyl (C=O) groups excluding carboxylic acids is 1. The largest absolute Gasteiger partial charge is 0.488 e. The molecular formula is C14H15FO3. The second kappa shape index (κ2) is 5.21. The van der Waals surface area contributed by atoms with E-state index in [0.717, 1.165) is 0 Å². The predicted molar refractivity (Wildman–Crippen MR) is 65.7 cm³/mol. The highest BCUT2D eigenvalue weighted by Crippen LogP contribution is 2.27. The molecule has 0 amide bonds. The maximum atomic E-state index is 13.1. The number of hydrogen-bond acceptors (Lipinski definition) is 3. The minimum atomic E-state index is -0.404. The summed E-state index contributed by atoms with van der Waals surface area (Å²) in [6, 6.07) is 4.22. The molecule has 0 unspecified atom stereocenters. The predicted octanol–water partition coefficient (Wildman–Crippen LogP) is 2.80. The molecule has 0 aromatic heterocycles. The van der Waals surface area contributed by atoms with Crippen LogP contribution in [0.4, 0.5) is 4.39 Å². The quantitative estimate of drug-likeness (QED) is 0.774. The summed E-state index contributed by atoms with van der Waals surface area (Å²) in [7, 11) is 0. The number of ether oxygens (including phenoxy) is 2. The Labute approximate surface area is 105 Å². The third-order valence-corrected chi connectivity index (χ3v) is 2.49. The van der Waals surface area contributed by atoms with Gasteiger partial charge >= 0.3 is 5.97 Å². The molecule has 1 aliphatic rings. The molecule has 0 fully saturated rings. The average Bonchev–Trinajstić information content (AvgIpc) is 2.34. The third-order valence-electron chi connectivity index (χ3n) is 2.49. The number of halogens is 1. The Kier molecular flexibility index (Phi) is 3.65. The minimum Gasteiger partial charge on any atom is -0.488 e. The molecule has 0 atom stereocenters. The Hall–Kier alpha value is -1.84. The molecule has 0 N–H and O–H groups in total. The first-order chi connectivity index (χ1) is 8.56. The smallest absolute Gasteiger partial charge is 0.337 e. The van der Waals surface area contributed by atoms with Crippen molar-refractivity contribution in [1.29, 1.82) is 0 Å². The van der Waals surface area contributed by atoms with Crippen LogP contribution in [0, 0.1) is 11.7 Å². The van der Waals surface area contributed by atoms with Gasteiger partial charge in [0.15, 0.2) is 0 Å². The van der Waals surface area contributed by atoms with Gasteiger partial charge in [-0.3, -0.25) is 0 Å². The van der Waals surface area contributed by atoms with Crippen molar-refractivity contribution in [2.45, 2.75) is 13.8 Å². The molecule has 1 heterocycles. The fourth-order valence-electron chi connectivity index (χ4n) is 1.60. The van der Waals surface area contributed by atoms with E-state index in [-0.39, 0.29) is 18.3 Å². The first kappa shape index (κ1) is 12.6. The van der Waals surface area contributed by atoms with Crippen LogP contribution in [-0.4, -0.2) is 19.2 Å². The minimum absolute atomic E-state index is 0.162. The molecule has 0 bridgehead atoms. The van der Waals surface area contributed by atoms with Gasteiger partial charge in [-0.2, -0.15) is 0 Å². The standard InChI is InChI=1S/C14H15FO3/c1-9(2)7-18-14(16)11-5-10-6-12(15)3-4-13(10)17-8-11/h3-6,9H,7-8H2,1-2H3.